The number of phenols is 1. The fraction of sp³-hybridized carbons (Fsp3) is 0.214. The molecule has 0 bridgehead atoms. The van der Waals surface area contributed by atoms with Crippen molar-refractivity contribution in [1.29, 1.82) is 0 Å². The summed E-state index contributed by atoms with van der Waals surface area (Å²) in [6.07, 6.45) is 1.66. The molecule has 1 unspecified atom stereocenters. The summed E-state index contributed by atoms with van der Waals surface area (Å²) in [6.45, 7) is 4.53. The number of amides is 1. The maximum Gasteiger partial charge on any atom is 0.300 e. The highest BCUT2D eigenvalue weighted by Crippen LogP contribution is 2.44. The molecule has 1 fully saturated rings. The highest BCUT2D eigenvalue weighted by atomic mass is 35.5. The highest BCUT2D eigenvalue weighted by Gasteiger charge is 2.47. The Bertz CT molecular complexity index is 1410. The van der Waals surface area contributed by atoms with Crippen LogP contribution in [0.3, 0.4) is 0 Å². The summed E-state index contributed by atoms with van der Waals surface area (Å²) in [5.41, 5.74) is 4.37. The van der Waals surface area contributed by atoms with Crippen molar-refractivity contribution in [3.05, 3.63) is 93.0 Å². The van der Waals surface area contributed by atoms with Gasteiger partial charge < -0.3 is 14.9 Å². The number of rotatable bonds is 3. The molecule has 0 aliphatic carbocycles. The predicted molar refractivity (Wildman–Crippen MR) is 134 cm³/mol. The molecule has 3 aromatic rings. The zero-order chi connectivity index (χ0) is 24.9. The predicted octanol–water partition coefficient (Wildman–Crippen LogP) is 5.61. The van der Waals surface area contributed by atoms with Gasteiger partial charge in [0.2, 0.25) is 0 Å². The smallest absolute Gasteiger partial charge is 0.300 e. The van der Waals surface area contributed by atoms with Crippen LogP contribution < -0.4 is 9.64 Å². The van der Waals surface area contributed by atoms with Crippen LogP contribution in [0.1, 0.15) is 40.3 Å². The molecule has 2 N–H and O–H groups in total. The van der Waals surface area contributed by atoms with E-state index in [1.165, 1.54) is 17.0 Å². The van der Waals surface area contributed by atoms with Crippen LogP contribution in [0.5, 0.6) is 11.5 Å². The fourth-order valence-electron chi connectivity index (χ4n) is 4.65. The molecule has 2 aliphatic rings. The highest BCUT2D eigenvalue weighted by molar-refractivity contribution is 6.51. The van der Waals surface area contributed by atoms with Crippen LogP contribution in [0.25, 0.3) is 5.76 Å². The lowest BCUT2D eigenvalue weighted by molar-refractivity contribution is -0.132. The van der Waals surface area contributed by atoms with Gasteiger partial charge in [0.05, 0.1) is 23.2 Å². The van der Waals surface area contributed by atoms with Gasteiger partial charge in [-0.15, -0.1) is 0 Å². The number of phenolic OH excluding ortho intramolecular Hbond substituents is 1. The third-order valence-corrected chi connectivity index (χ3v) is 6.99. The summed E-state index contributed by atoms with van der Waals surface area (Å²) in [5, 5.41) is 21.4. The normalized spacial score (nSPS) is 18.9. The number of hydrogen-bond acceptors (Lipinski definition) is 5. The molecule has 0 spiro atoms. The minimum absolute atomic E-state index is 0.0355. The molecule has 0 aromatic heterocycles. The Kier molecular flexibility index (Phi) is 5.77. The van der Waals surface area contributed by atoms with Gasteiger partial charge >= 0.3 is 0 Å². The topological polar surface area (TPSA) is 87.1 Å². The number of fused-ring (bicyclic) bond motifs is 1. The minimum atomic E-state index is -0.928. The number of ketones is 1. The second-order valence-electron chi connectivity index (χ2n) is 8.92. The number of Topliss-reactive ketones (excluding diaryl/α,β-unsaturated/α-hetero) is 1. The molecule has 1 atom stereocenters. The van der Waals surface area contributed by atoms with Crippen LogP contribution in [0.2, 0.25) is 5.02 Å². The first-order valence-corrected chi connectivity index (χ1v) is 11.8. The van der Waals surface area contributed by atoms with E-state index in [0.717, 1.165) is 35.3 Å². The first kappa shape index (κ1) is 23.0. The molecule has 35 heavy (non-hydrogen) atoms. The number of aliphatic hydroxyl groups excluding tert-OH is 1. The molecule has 2 aliphatic heterocycles. The Balaban J connectivity index is 1.72. The van der Waals surface area contributed by atoms with Crippen molar-refractivity contribution in [2.75, 3.05) is 11.5 Å². The van der Waals surface area contributed by atoms with E-state index < -0.39 is 17.7 Å². The van der Waals surface area contributed by atoms with Crippen molar-refractivity contribution in [3.8, 4) is 11.5 Å². The molecule has 6 nitrogen and oxygen atoms in total. The lowest BCUT2D eigenvalue weighted by atomic mass is 9.93. The Morgan fingerprint density at radius 1 is 1.03 bits per heavy atom. The van der Waals surface area contributed by atoms with E-state index in [-0.39, 0.29) is 22.1 Å². The number of nitrogens with zero attached hydrogens (tertiary/aromatic N) is 1. The van der Waals surface area contributed by atoms with E-state index in [0.29, 0.717) is 23.4 Å². The van der Waals surface area contributed by atoms with Gasteiger partial charge in [0.1, 0.15) is 17.3 Å². The Morgan fingerprint density at radius 3 is 2.57 bits per heavy atom. The Morgan fingerprint density at radius 2 is 1.83 bits per heavy atom. The number of anilines is 1. The number of carbonyl (C=O) groups excluding carboxylic acids is 2. The van der Waals surface area contributed by atoms with E-state index in [1.54, 1.807) is 30.3 Å². The quantitative estimate of drug-likeness (QED) is 0.283. The summed E-state index contributed by atoms with van der Waals surface area (Å²) in [5.74, 6) is -1.16. The van der Waals surface area contributed by atoms with Crippen molar-refractivity contribution < 1.29 is 24.5 Å². The van der Waals surface area contributed by atoms with Gasteiger partial charge in [0, 0.05) is 11.3 Å². The van der Waals surface area contributed by atoms with E-state index in [1.807, 2.05) is 26.0 Å². The number of benzene rings is 3. The summed E-state index contributed by atoms with van der Waals surface area (Å²) in [7, 11) is 0. The number of ether oxygens (including phenoxy) is 1. The van der Waals surface area contributed by atoms with Gasteiger partial charge in [0.25, 0.3) is 11.7 Å². The van der Waals surface area contributed by atoms with Gasteiger partial charge in [-0.2, -0.15) is 0 Å². The average Bonchev–Trinajstić information content (AvgIpc) is 3.12. The van der Waals surface area contributed by atoms with Crippen LogP contribution in [0, 0.1) is 13.8 Å². The van der Waals surface area contributed by atoms with E-state index in [9.17, 15) is 19.8 Å². The second kappa shape index (κ2) is 8.78. The lowest BCUT2D eigenvalue weighted by Crippen LogP contribution is -2.29. The van der Waals surface area contributed by atoms with Crippen molar-refractivity contribution in [3.63, 3.8) is 0 Å². The zero-order valence-electron chi connectivity index (χ0n) is 19.3. The maximum atomic E-state index is 13.4. The molecule has 5 rings (SSSR count). The maximum absolute atomic E-state index is 13.4. The molecule has 2 heterocycles. The van der Waals surface area contributed by atoms with Crippen LogP contribution >= 0.6 is 11.6 Å². The van der Waals surface area contributed by atoms with Crippen LogP contribution in [-0.4, -0.2) is 28.5 Å². The number of carbonyl (C=O) groups is 2. The molecule has 1 amide bonds. The molecular weight excluding hydrogens is 466 g/mol. The Hall–Kier alpha value is -3.77. The van der Waals surface area contributed by atoms with Gasteiger partial charge in [-0.3, -0.25) is 14.5 Å². The molecule has 0 saturated carbocycles. The van der Waals surface area contributed by atoms with E-state index >= 15 is 0 Å². The Labute approximate surface area is 208 Å². The van der Waals surface area contributed by atoms with Gasteiger partial charge in [-0.1, -0.05) is 23.7 Å². The minimum Gasteiger partial charge on any atom is -0.507 e. The molecule has 7 heteroatoms. The molecule has 3 aromatic carbocycles. The van der Waals surface area contributed by atoms with Crippen LogP contribution in [0.4, 0.5) is 5.69 Å². The summed E-state index contributed by atoms with van der Waals surface area (Å²) in [6, 6.07) is 14.3. The second-order valence-corrected chi connectivity index (χ2v) is 9.33. The van der Waals surface area contributed by atoms with Crippen molar-refractivity contribution in [2.24, 2.45) is 0 Å². The van der Waals surface area contributed by atoms with E-state index in [2.05, 4.69) is 0 Å². The van der Waals surface area contributed by atoms with Gasteiger partial charge in [-0.05, 0) is 91.4 Å². The number of aromatic hydroxyl groups is 1. The number of aryl methyl sites for hydroxylation is 3. The van der Waals surface area contributed by atoms with Crippen LogP contribution in [-0.2, 0) is 16.0 Å². The summed E-state index contributed by atoms with van der Waals surface area (Å²) >= 11 is 6.20. The largest absolute Gasteiger partial charge is 0.507 e. The monoisotopic (exact) mass is 489 g/mol. The van der Waals surface area contributed by atoms with Gasteiger partial charge in [-0.25, -0.2) is 0 Å². The zero-order valence-corrected chi connectivity index (χ0v) is 20.1. The van der Waals surface area contributed by atoms with Crippen molar-refractivity contribution in [1.82, 2.24) is 0 Å². The first-order chi connectivity index (χ1) is 16.8. The molecular formula is C28H24ClNO5. The molecule has 1 saturated heterocycles. The van der Waals surface area contributed by atoms with Gasteiger partial charge in [0.15, 0.2) is 0 Å². The summed E-state index contributed by atoms with van der Waals surface area (Å²) in [4.78, 5) is 28.1. The molecule has 178 valence electrons. The number of hydrogen-bond donors (Lipinski definition) is 2. The number of halogens is 1. The third kappa shape index (κ3) is 3.94. The SMILES string of the molecule is Cc1ccc(N2C(=O)C(=O)/C(=C(\O)c3ccc4c(c3)CCCO4)C2c2ccc(O)c(Cl)c2)cc1C. The fourth-order valence-corrected chi connectivity index (χ4v) is 4.84. The lowest BCUT2D eigenvalue weighted by Gasteiger charge is -2.26. The van der Waals surface area contributed by atoms with Crippen molar-refractivity contribution >= 4 is 34.7 Å². The third-order valence-electron chi connectivity index (χ3n) is 6.68. The number of aliphatic hydroxyl groups is 1. The van der Waals surface area contributed by atoms with Crippen molar-refractivity contribution in [2.45, 2.75) is 32.7 Å². The standard InChI is InChI=1S/C28H24ClNO5/c1-15-5-8-20(12-16(15)2)30-25(18-6-9-22(31)21(29)14-18)24(27(33)28(30)34)26(32)19-7-10-23-17(13-19)4-3-11-35-23/h5-10,12-14,25,31-32H,3-4,11H2,1-2H3/b26-24-. The molecule has 0 radical (unpaired) electrons. The van der Waals surface area contributed by atoms with Crippen LogP contribution in [0.15, 0.2) is 60.2 Å². The average molecular weight is 490 g/mol. The van der Waals surface area contributed by atoms with E-state index in [4.69, 9.17) is 16.3 Å². The summed E-state index contributed by atoms with van der Waals surface area (Å²) < 4.78 is 5.67. The first-order valence-electron chi connectivity index (χ1n) is 11.4.